The number of benzene rings is 2. The predicted octanol–water partition coefficient (Wildman–Crippen LogP) is 5.31. The average Bonchev–Trinajstić information content (AvgIpc) is 3.53. The van der Waals surface area contributed by atoms with E-state index in [2.05, 4.69) is 10.3 Å². The summed E-state index contributed by atoms with van der Waals surface area (Å²) in [6.07, 6.45) is 1.76. The lowest BCUT2D eigenvalue weighted by atomic mass is 10.0. The molecule has 2 aromatic heterocycles. The first kappa shape index (κ1) is 22.6. The maximum Gasteiger partial charge on any atom is 0.338 e. The van der Waals surface area contributed by atoms with E-state index in [4.69, 9.17) is 26.1 Å². The van der Waals surface area contributed by atoms with Crippen molar-refractivity contribution in [2.75, 3.05) is 19.1 Å². The molecule has 0 bridgehead atoms. The molecule has 0 aliphatic carbocycles. The Hall–Kier alpha value is -4.17. The lowest BCUT2D eigenvalue weighted by Crippen LogP contribution is -2.29. The van der Waals surface area contributed by atoms with E-state index in [9.17, 15) is 4.79 Å². The fraction of sp³-hybridized carbons (Fsp3) is 0.148. The summed E-state index contributed by atoms with van der Waals surface area (Å²) in [7, 11) is 2.99. The second-order valence-corrected chi connectivity index (χ2v) is 8.32. The zero-order valence-electron chi connectivity index (χ0n) is 19.2. The smallest absolute Gasteiger partial charge is 0.338 e. The molecule has 0 radical (unpaired) electrons. The van der Waals surface area contributed by atoms with Gasteiger partial charge in [0, 0.05) is 23.5 Å². The van der Waals surface area contributed by atoms with Crippen molar-refractivity contribution in [3.63, 3.8) is 0 Å². The van der Waals surface area contributed by atoms with E-state index in [-0.39, 0.29) is 12.1 Å². The summed E-state index contributed by atoms with van der Waals surface area (Å²) in [5.74, 6) is 1.53. The van der Waals surface area contributed by atoms with E-state index in [1.165, 1.54) is 7.11 Å². The maximum absolute atomic E-state index is 12.3. The fourth-order valence-electron chi connectivity index (χ4n) is 4.32. The van der Waals surface area contributed by atoms with Gasteiger partial charge >= 0.3 is 5.97 Å². The van der Waals surface area contributed by atoms with Gasteiger partial charge in [0.05, 0.1) is 31.5 Å². The van der Waals surface area contributed by atoms with Crippen LogP contribution in [0.1, 0.15) is 33.9 Å². The molecule has 0 unspecified atom stereocenters. The van der Waals surface area contributed by atoms with E-state index < -0.39 is 5.97 Å². The topological polar surface area (TPSA) is 76.8 Å². The van der Waals surface area contributed by atoms with Crippen LogP contribution in [0, 0.1) is 0 Å². The molecule has 2 aromatic carbocycles. The SMILES string of the molecule is COC(=O)c1ccccc1-c1ccc([C@@H]2[C@@H](c3ccccn3)NC(=S)N2c2cccc(OC)c2)o1. The third-order valence-corrected chi connectivity index (χ3v) is 6.26. The first-order valence-electron chi connectivity index (χ1n) is 11.0. The summed E-state index contributed by atoms with van der Waals surface area (Å²) >= 11 is 5.77. The van der Waals surface area contributed by atoms with Crippen molar-refractivity contribution in [2.24, 2.45) is 0 Å². The molecule has 0 saturated carbocycles. The standard InChI is InChI=1S/C27H23N3O4S/c1-32-18-9-7-8-17(16-18)30-25(24(29-27(30)35)21-12-5-6-15-28-21)23-14-13-22(34-23)19-10-3-4-11-20(19)26(31)33-2/h3-16,24-25H,1-2H3,(H,29,35)/t24-,25-/m1/s1. The number of rotatable bonds is 6. The van der Waals surface area contributed by atoms with Crippen LogP contribution in [0.15, 0.2) is 89.5 Å². The molecular weight excluding hydrogens is 462 g/mol. The number of anilines is 1. The Morgan fingerprint density at radius 1 is 1.03 bits per heavy atom. The Labute approximate surface area is 208 Å². The van der Waals surface area contributed by atoms with Gasteiger partial charge in [-0.05, 0) is 54.7 Å². The van der Waals surface area contributed by atoms with Gasteiger partial charge in [-0.1, -0.05) is 30.3 Å². The van der Waals surface area contributed by atoms with Gasteiger partial charge in [-0.15, -0.1) is 0 Å². The Kier molecular flexibility index (Phi) is 6.20. The summed E-state index contributed by atoms with van der Waals surface area (Å²) in [5, 5.41) is 3.96. The number of pyridine rings is 1. The quantitative estimate of drug-likeness (QED) is 0.291. The molecule has 3 heterocycles. The molecule has 1 saturated heterocycles. The normalized spacial score (nSPS) is 17.2. The Morgan fingerprint density at radius 2 is 1.86 bits per heavy atom. The number of methoxy groups -OCH3 is 2. The molecule has 0 spiro atoms. The summed E-state index contributed by atoms with van der Waals surface area (Å²) in [4.78, 5) is 18.9. The van der Waals surface area contributed by atoms with Gasteiger partial charge in [0.25, 0.3) is 0 Å². The number of carbonyl (C=O) groups excluding carboxylic acids is 1. The van der Waals surface area contributed by atoms with Gasteiger partial charge in [-0.3, -0.25) is 4.98 Å². The molecule has 1 N–H and O–H groups in total. The number of carbonyl (C=O) groups is 1. The van der Waals surface area contributed by atoms with E-state index >= 15 is 0 Å². The van der Waals surface area contributed by atoms with Gasteiger partial charge in [0.2, 0.25) is 0 Å². The lowest BCUT2D eigenvalue weighted by Gasteiger charge is -2.26. The van der Waals surface area contributed by atoms with Crippen molar-refractivity contribution >= 4 is 29.0 Å². The number of furan rings is 1. The number of hydrogen-bond acceptors (Lipinski definition) is 6. The average molecular weight is 486 g/mol. The fourth-order valence-corrected chi connectivity index (χ4v) is 4.67. The molecule has 4 aromatic rings. The second-order valence-electron chi connectivity index (χ2n) is 7.94. The van der Waals surface area contributed by atoms with Crippen LogP contribution in [0.5, 0.6) is 5.75 Å². The summed E-state index contributed by atoms with van der Waals surface area (Å²) in [6.45, 7) is 0. The van der Waals surface area contributed by atoms with E-state index in [0.29, 0.717) is 27.8 Å². The molecule has 1 fully saturated rings. The molecule has 2 atom stereocenters. The first-order valence-corrected chi connectivity index (χ1v) is 11.4. The molecular formula is C27H23N3O4S. The summed E-state index contributed by atoms with van der Waals surface area (Å²) in [6, 6.07) is 23.9. The zero-order chi connectivity index (χ0) is 24.4. The first-order chi connectivity index (χ1) is 17.1. The van der Waals surface area contributed by atoms with Crippen molar-refractivity contribution in [1.29, 1.82) is 0 Å². The number of nitrogens with one attached hydrogen (secondary N) is 1. The van der Waals surface area contributed by atoms with Crippen LogP contribution < -0.4 is 15.0 Å². The van der Waals surface area contributed by atoms with Gasteiger partial charge in [-0.25, -0.2) is 4.79 Å². The van der Waals surface area contributed by atoms with Crippen molar-refractivity contribution in [1.82, 2.24) is 10.3 Å². The number of nitrogens with zero attached hydrogens (tertiary/aromatic N) is 2. The van der Waals surface area contributed by atoms with Gasteiger partial charge in [0.1, 0.15) is 23.3 Å². The Balaban J connectivity index is 1.61. The minimum absolute atomic E-state index is 0.259. The van der Waals surface area contributed by atoms with Crippen molar-refractivity contribution in [2.45, 2.75) is 12.1 Å². The molecule has 8 heteroatoms. The largest absolute Gasteiger partial charge is 0.497 e. The number of ether oxygens (including phenoxy) is 2. The molecule has 7 nitrogen and oxygen atoms in total. The van der Waals surface area contributed by atoms with Crippen LogP contribution in [0.3, 0.4) is 0 Å². The molecule has 1 aliphatic heterocycles. The van der Waals surface area contributed by atoms with Crippen LogP contribution >= 0.6 is 12.2 Å². The Morgan fingerprint density at radius 3 is 2.63 bits per heavy atom. The van der Waals surface area contributed by atoms with Crippen molar-refractivity contribution in [3.8, 4) is 17.1 Å². The van der Waals surface area contributed by atoms with Gasteiger partial charge in [0.15, 0.2) is 5.11 Å². The molecule has 0 amide bonds. The number of hydrogen-bond donors (Lipinski definition) is 1. The molecule has 5 rings (SSSR count). The van der Waals surface area contributed by atoms with Gasteiger partial charge < -0.3 is 24.1 Å². The van der Waals surface area contributed by atoms with E-state index in [0.717, 1.165) is 17.1 Å². The number of aromatic nitrogens is 1. The molecule has 1 aliphatic rings. The molecule has 176 valence electrons. The van der Waals surface area contributed by atoms with Crippen LogP contribution in [-0.4, -0.2) is 30.3 Å². The predicted molar refractivity (Wildman–Crippen MR) is 136 cm³/mol. The van der Waals surface area contributed by atoms with E-state index in [1.807, 2.05) is 71.6 Å². The minimum Gasteiger partial charge on any atom is -0.497 e. The second kappa shape index (κ2) is 9.60. The van der Waals surface area contributed by atoms with Crippen molar-refractivity contribution in [3.05, 3.63) is 102 Å². The lowest BCUT2D eigenvalue weighted by molar-refractivity contribution is 0.0601. The Bertz CT molecular complexity index is 1370. The highest BCUT2D eigenvalue weighted by Crippen LogP contribution is 2.43. The van der Waals surface area contributed by atoms with Crippen LogP contribution in [0.4, 0.5) is 5.69 Å². The highest BCUT2D eigenvalue weighted by atomic mass is 32.1. The van der Waals surface area contributed by atoms with Crippen molar-refractivity contribution < 1.29 is 18.7 Å². The number of esters is 1. The maximum atomic E-state index is 12.3. The van der Waals surface area contributed by atoms with Crippen LogP contribution in [-0.2, 0) is 4.74 Å². The minimum atomic E-state index is -0.424. The third-order valence-electron chi connectivity index (χ3n) is 5.95. The monoisotopic (exact) mass is 485 g/mol. The van der Waals surface area contributed by atoms with Crippen LogP contribution in [0.25, 0.3) is 11.3 Å². The van der Waals surface area contributed by atoms with E-state index in [1.54, 1.807) is 25.4 Å². The number of thiocarbonyl (C=S) groups is 1. The highest BCUT2D eigenvalue weighted by Gasteiger charge is 2.42. The van der Waals surface area contributed by atoms with Gasteiger partial charge in [-0.2, -0.15) is 0 Å². The zero-order valence-corrected chi connectivity index (χ0v) is 20.0. The summed E-state index contributed by atoms with van der Waals surface area (Å²) in [5.41, 5.74) is 2.78. The van der Waals surface area contributed by atoms with Crippen LogP contribution in [0.2, 0.25) is 0 Å². The highest BCUT2D eigenvalue weighted by molar-refractivity contribution is 7.80. The third kappa shape index (κ3) is 4.24. The summed E-state index contributed by atoms with van der Waals surface area (Å²) < 4.78 is 16.8. The molecule has 35 heavy (non-hydrogen) atoms.